The molecule has 3 fully saturated rings. The number of nitrogens with zero attached hydrogens (tertiary/aromatic N) is 2. The van der Waals surface area contributed by atoms with Gasteiger partial charge in [0.1, 0.15) is 6.54 Å². The third kappa shape index (κ3) is 4.72. The van der Waals surface area contributed by atoms with Crippen LogP contribution in [-0.2, 0) is 18.9 Å². The molecule has 0 aromatic carbocycles. The lowest BCUT2D eigenvalue weighted by Crippen LogP contribution is -2.69. The second-order valence-electron chi connectivity index (χ2n) is 8.08. The average molecular weight is 427 g/mol. The number of imide groups is 1. The summed E-state index contributed by atoms with van der Waals surface area (Å²) >= 11 is 0. The van der Waals surface area contributed by atoms with Crippen molar-refractivity contribution in [3.8, 4) is 0 Å². The number of hydrogen-bond acceptors (Lipinski definition) is 6. The summed E-state index contributed by atoms with van der Waals surface area (Å²) in [4.78, 5) is 53.1. The van der Waals surface area contributed by atoms with Gasteiger partial charge in [-0.25, -0.2) is 9.59 Å². The van der Waals surface area contributed by atoms with E-state index in [-0.39, 0.29) is 12.1 Å². The van der Waals surface area contributed by atoms with Gasteiger partial charge in [-0.3, -0.25) is 19.4 Å². The molecule has 2 saturated carbocycles. The van der Waals surface area contributed by atoms with Crippen LogP contribution in [0.4, 0.5) is 4.79 Å². The number of aliphatic hydroxyl groups excluding tert-OH is 1. The number of rotatable bonds is 5. The van der Waals surface area contributed by atoms with E-state index in [1.54, 1.807) is 9.47 Å². The smallest absolute Gasteiger partial charge is 0.329 e. The number of carbonyl (C=O) groups is 4. The van der Waals surface area contributed by atoms with E-state index in [1.165, 1.54) is 9.80 Å². The minimum atomic E-state index is -1.54. The summed E-state index contributed by atoms with van der Waals surface area (Å²) < 4.78 is 4.43. The van der Waals surface area contributed by atoms with E-state index in [1.807, 2.05) is 0 Å². The topological polar surface area (TPSA) is 116 Å². The van der Waals surface area contributed by atoms with E-state index < -0.39 is 42.5 Å². The molecular formula is C19H30N3O6P. The highest BCUT2D eigenvalue weighted by Gasteiger charge is 2.53. The van der Waals surface area contributed by atoms with Gasteiger partial charge >= 0.3 is 12.0 Å². The van der Waals surface area contributed by atoms with Crippen LogP contribution in [0, 0.1) is 5.92 Å². The van der Waals surface area contributed by atoms with Crippen LogP contribution in [-0.4, -0.2) is 63.6 Å². The molecule has 10 heteroatoms. The number of hydrogen-bond donors (Lipinski definition) is 2. The maximum Gasteiger partial charge on any atom is 0.329 e. The third-order valence-electron chi connectivity index (χ3n) is 6.24. The number of carbonyl (C=O) groups excluding carboxylic acids is 4. The van der Waals surface area contributed by atoms with Crippen LogP contribution < -0.4 is 5.32 Å². The zero-order valence-corrected chi connectivity index (χ0v) is 17.7. The normalized spacial score (nSPS) is 27.1. The highest BCUT2D eigenvalue weighted by molar-refractivity contribution is 7.10. The minimum Gasteiger partial charge on any atom is -0.450 e. The number of amides is 4. The Bertz CT molecular complexity index is 648. The van der Waals surface area contributed by atoms with Crippen molar-refractivity contribution in [2.45, 2.75) is 82.5 Å². The number of urea groups is 1. The van der Waals surface area contributed by atoms with Gasteiger partial charge in [-0.15, -0.1) is 0 Å². The summed E-state index contributed by atoms with van der Waals surface area (Å²) in [6, 6.07) is -0.942. The molecule has 162 valence electrons. The summed E-state index contributed by atoms with van der Waals surface area (Å²) in [6.45, 7) is -0.417. The molecule has 0 spiro atoms. The molecule has 0 aromatic rings. The molecule has 3 unspecified atom stereocenters. The molecule has 4 amide bonds. The van der Waals surface area contributed by atoms with Gasteiger partial charge in [0.25, 0.3) is 0 Å². The van der Waals surface area contributed by atoms with E-state index in [0.717, 1.165) is 51.4 Å². The van der Waals surface area contributed by atoms with Gasteiger partial charge in [0.15, 0.2) is 12.1 Å². The van der Waals surface area contributed by atoms with Crippen molar-refractivity contribution >= 4 is 33.3 Å². The number of nitrogens with one attached hydrogen (secondary N) is 1. The van der Waals surface area contributed by atoms with Crippen molar-refractivity contribution in [2.75, 3.05) is 6.54 Å². The lowest BCUT2D eigenvalue weighted by molar-refractivity contribution is -0.162. The summed E-state index contributed by atoms with van der Waals surface area (Å²) in [5.74, 6) is -3.59. The fourth-order valence-electron chi connectivity index (χ4n) is 4.73. The molecule has 1 heterocycles. The first-order valence-corrected chi connectivity index (χ1v) is 10.9. The molecule has 29 heavy (non-hydrogen) atoms. The quantitative estimate of drug-likeness (QED) is 0.505. The predicted octanol–water partition coefficient (Wildman–Crippen LogP) is 1.30. The standard InChI is InChI=1S/C19H30N3O6P/c23-14(28-29)11-20-16(24)15-17(25)21(12-7-3-1-4-8-12)19(27)22(18(15)26)13-9-5-2-6-10-13/h12-13,15,17,25H,1-11,29H2,(H,20,24). The van der Waals surface area contributed by atoms with Gasteiger partial charge in [-0.05, 0) is 25.7 Å². The lowest BCUT2D eigenvalue weighted by atomic mass is 9.89. The van der Waals surface area contributed by atoms with Crippen LogP contribution in [0.2, 0.25) is 0 Å². The van der Waals surface area contributed by atoms with Crippen LogP contribution in [0.15, 0.2) is 0 Å². The molecule has 0 aromatic heterocycles. The Labute approximate surface area is 172 Å². The third-order valence-corrected chi connectivity index (χ3v) is 6.51. The van der Waals surface area contributed by atoms with Crippen molar-refractivity contribution in [3.05, 3.63) is 0 Å². The fourth-order valence-corrected chi connectivity index (χ4v) is 4.82. The van der Waals surface area contributed by atoms with Gasteiger partial charge in [-0.2, -0.15) is 0 Å². The van der Waals surface area contributed by atoms with Gasteiger partial charge in [-0.1, -0.05) is 38.5 Å². The van der Waals surface area contributed by atoms with Gasteiger partial charge in [0.05, 0.1) is 9.47 Å². The van der Waals surface area contributed by atoms with Gasteiger partial charge in [0.2, 0.25) is 11.8 Å². The second kappa shape index (κ2) is 9.85. The minimum absolute atomic E-state index is 0.197. The molecule has 1 aliphatic heterocycles. The van der Waals surface area contributed by atoms with Crippen molar-refractivity contribution in [1.82, 2.24) is 15.1 Å². The summed E-state index contributed by atoms with van der Waals surface area (Å²) in [5.41, 5.74) is 0. The van der Waals surface area contributed by atoms with Crippen molar-refractivity contribution in [2.24, 2.45) is 5.92 Å². The second-order valence-corrected chi connectivity index (χ2v) is 8.32. The van der Waals surface area contributed by atoms with E-state index in [2.05, 4.69) is 9.84 Å². The molecule has 3 aliphatic rings. The van der Waals surface area contributed by atoms with Crippen LogP contribution in [0.25, 0.3) is 0 Å². The van der Waals surface area contributed by atoms with Crippen LogP contribution in [0.1, 0.15) is 64.2 Å². The Balaban J connectivity index is 1.86. The highest BCUT2D eigenvalue weighted by atomic mass is 31.0. The molecule has 0 radical (unpaired) electrons. The van der Waals surface area contributed by atoms with Crippen molar-refractivity contribution in [1.29, 1.82) is 0 Å². The van der Waals surface area contributed by atoms with E-state index in [4.69, 9.17) is 0 Å². The maximum atomic E-state index is 13.3. The first-order chi connectivity index (χ1) is 14.0. The van der Waals surface area contributed by atoms with E-state index >= 15 is 0 Å². The molecule has 3 atom stereocenters. The van der Waals surface area contributed by atoms with Crippen LogP contribution in [0.3, 0.4) is 0 Å². The van der Waals surface area contributed by atoms with Crippen molar-refractivity contribution in [3.63, 3.8) is 0 Å². The molecule has 9 nitrogen and oxygen atoms in total. The monoisotopic (exact) mass is 427 g/mol. The summed E-state index contributed by atoms with van der Waals surface area (Å²) in [7, 11) is 1.79. The predicted molar refractivity (Wildman–Crippen MR) is 106 cm³/mol. The van der Waals surface area contributed by atoms with Gasteiger partial charge in [0, 0.05) is 12.1 Å². The molecule has 1 saturated heterocycles. The fraction of sp³-hybridized carbons (Fsp3) is 0.789. The molecule has 3 rings (SSSR count). The summed E-state index contributed by atoms with van der Waals surface area (Å²) in [6.07, 6.45) is 7.21. The average Bonchev–Trinajstić information content (AvgIpc) is 2.73. The van der Waals surface area contributed by atoms with Crippen LogP contribution in [0.5, 0.6) is 0 Å². The Morgan fingerprint density at radius 2 is 1.55 bits per heavy atom. The van der Waals surface area contributed by atoms with Crippen LogP contribution >= 0.6 is 9.47 Å². The molecule has 0 bridgehead atoms. The Morgan fingerprint density at radius 3 is 2.10 bits per heavy atom. The largest absolute Gasteiger partial charge is 0.450 e. The van der Waals surface area contributed by atoms with E-state index in [9.17, 15) is 24.3 Å². The Hall–Kier alpha value is -1.73. The molecular weight excluding hydrogens is 397 g/mol. The zero-order chi connectivity index (χ0) is 21.0. The van der Waals surface area contributed by atoms with Crippen molar-refractivity contribution < 1.29 is 28.8 Å². The maximum absolute atomic E-state index is 13.3. The lowest BCUT2D eigenvalue weighted by Gasteiger charge is -2.48. The van der Waals surface area contributed by atoms with Gasteiger partial charge < -0.3 is 14.9 Å². The number of aliphatic hydroxyl groups is 1. The summed E-state index contributed by atoms with van der Waals surface area (Å²) in [5, 5.41) is 13.3. The zero-order valence-electron chi connectivity index (χ0n) is 16.5. The molecule has 2 aliphatic carbocycles. The van der Waals surface area contributed by atoms with E-state index in [0.29, 0.717) is 12.8 Å². The first kappa shape index (κ1) is 22.0. The Morgan fingerprint density at radius 1 is 1.00 bits per heavy atom. The first-order valence-electron chi connectivity index (χ1n) is 10.5. The Kier molecular flexibility index (Phi) is 7.46. The SMILES string of the molecule is O=C(CNC(=O)C1C(=O)N(C2CCCCC2)C(=O)N(C2CCCCC2)C1O)OP. The highest BCUT2D eigenvalue weighted by Crippen LogP contribution is 2.34. The molecule has 2 N–H and O–H groups in total.